The van der Waals surface area contributed by atoms with Gasteiger partial charge in [0.2, 0.25) is 0 Å². The van der Waals surface area contributed by atoms with Crippen LogP contribution in [-0.4, -0.2) is 20.8 Å². The van der Waals surface area contributed by atoms with Gasteiger partial charge in [-0.3, -0.25) is 0 Å². The second-order valence-corrected chi connectivity index (χ2v) is 5.43. The van der Waals surface area contributed by atoms with Gasteiger partial charge < -0.3 is 15.2 Å². The van der Waals surface area contributed by atoms with E-state index in [1.54, 1.807) is 14.2 Å². The monoisotopic (exact) mass is 315 g/mol. The van der Waals surface area contributed by atoms with E-state index in [2.05, 4.69) is 29.8 Å². The topological polar surface area (TPSA) is 44.5 Å². The molecule has 2 unspecified atom stereocenters. The van der Waals surface area contributed by atoms with Gasteiger partial charge in [-0.15, -0.1) is 0 Å². The van der Waals surface area contributed by atoms with Gasteiger partial charge in [0, 0.05) is 4.47 Å². The number of nitrogens with two attached hydrogens (primary N) is 1. The van der Waals surface area contributed by atoms with Crippen LogP contribution in [0.4, 0.5) is 0 Å². The van der Waals surface area contributed by atoms with Crippen molar-refractivity contribution in [2.75, 3.05) is 20.8 Å². The predicted molar refractivity (Wildman–Crippen MR) is 78.5 cm³/mol. The molecule has 0 aromatic heterocycles. The quantitative estimate of drug-likeness (QED) is 0.873. The fraction of sp³-hybridized carbons (Fsp3) is 0.571. The van der Waals surface area contributed by atoms with E-state index in [-0.39, 0.29) is 0 Å². The summed E-state index contributed by atoms with van der Waals surface area (Å²) in [4.78, 5) is 0. The summed E-state index contributed by atoms with van der Waals surface area (Å²) in [6, 6.07) is 4.00. The first-order valence-electron chi connectivity index (χ1n) is 6.16. The van der Waals surface area contributed by atoms with Crippen LogP contribution in [0.25, 0.3) is 0 Å². The van der Waals surface area contributed by atoms with E-state index in [4.69, 9.17) is 15.2 Å². The molecule has 102 valence electrons. The summed E-state index contributed by atoms with van der Waals surface area (Å²) in [5, 5.41) is 0. The lowest BCUT2D eigenvalue weighted by Crippen LogP contribution is -2.12. The molecule has 3 nitrogen and oxygen atoms in total. The third-order valence-electron chi connectivity index (χ3n) is 3.47. The van der Waals surface area contributed by atoms with E-state index in [0.717, 1.165) is 28.9 Å². The molecule has 2 N–H and O–H groups in total. The number of methoxy groups -OCH3 is 2. The Hall–Kier alpha value is -0.740. The molecule has 0 bridgehead atoms. The van der Waals surface area contributed by atoms with Gasteiger partial charge in [-0.1, -0.05) is 29.8 Å². The van der Waals surface area contributed by atoms with E-state index in [9.17, 15) is 0 Å². The van der Waals surface area contributed by atoms with Crippen molar-refractivity contribution in [2.45, 2.75) is 26.2 Å². The summed E-state index contributed by atoms with van der Waals surface area (Å²) < 4.78 is 11.7. The molecule has 0 saturated heterocycles. The zero-order valence-corrected chi connectivity index (χ0v) is 13.1. The molecular formula is C14H22BrNO2. The molecule has 1 aromatic rings. The molecule has 0 radical (unpaired) electrons. The van der Waals surface area contributed by atoms with Crippen molar-refractivity contribution in [3.05, 3.63) is 22.2 Å². The molecular weight excluding hydrogens is 294 g/mol. The van der Waals surface area contributed by atoms with Gasteiger partial charge in [0.1, 0.15) is 0 Å². The Morgan fingerprint density at radius 1 is 1.17 bits per heavy atom. The Bertz CT molecular complexity index is 396. The van der Waals surface area contributed by atoms with Gasteiger partial charge in [0.05, 0.1) is 14.2 Å². The second kappa shape index (κ2) is 7.00. The molecule has 0 spiro atoms. The van der Waals surface area contributed by atoms with Crippen LogP contribution in [0.15, 0.2) is 16.6 Å². The van der Waals surface area contributed by atoms with Crippen LogP contribution >= 0.6 is 15.9 Å². The Morgan fingerprint density at radius 3 is 2.22 bits per heavy atom. The third kappa shape index (κ3) is 3.39. The molecule has 0 saturated carbocycles. The second-order valence-electron chi connectivity index (χ2n) is 4.57. The Balaban J connectivity index is 3.08. The smallest absolute Gasteiger partial charge is 0.161 e. The molecule has 0 aliphatic rings. The van der Waals surface area contributed by atoms with Gasteiger partial charge in [-0.05, 0) is 42.5 Å². The lowest BCUT2D eigenvalue weighted by Gasteiger charge is -2.22. The highest BCUT2D eigenvalue weighted by molar-refractivity contribution is 9.10. The molecule has 1 aromatic carbocycles. The average molecular weight is 316 g/mol. The fourth-order valence-corrected chi connectivity index (χ4v) is 2.72. The lowest BCUT2D eigenvalue weighted by atomic mass is 9.86. The molecule has 18 heavy (non-hydrogen) atoms. The van der Waals surface area contributed by atoms with E-state index in [0.29, 0.717) is 11.8 Å². The molecule has 0 aliphatic heterocycles. The van der Waals surface area contributed by atoms with Crippen molar-refractivity contribution in [2.24, 2.45) is 11.7 Å². The van der Waals surface area contributed by atoms with E-state index in [1.165, 1.54) is 5.56 Å². The number of hydrogen-bond donors (Lipinski definition) is 1. The number of benzene rings is 1. The van der Waals surface area contributed by atoms with Gasteiger partial charge in [-0.25, -0.2) is 0 Å². The fourth-order valence-electron chi connectivity index (χ4n) is 2.04. The highest BCUT2D eigenvalue weighted by Gasteiger charge is 2.19. The summed E-state index contributed by atoms with van der Waals surface area (Å²) in [6.45, 7) is 5.16. The van der Waals surface area contributed by atoms with Crippen molar-refractivity contribution in [3.63, 3.8) is 0 Å². The summed E-state index contributed by atoms with van der Waals surface area (Å²) in [7, 11) is 3.30. The van der Waals surface area contributed by atoms with Crippen molar-refractivity contribution in [3.8, 4) is 11.5 Å². The van der Waals surface area contributed by atoms with Gasteiger partial charge in [0.15, 0.2) is 11.5 Å². The van der Waals surface area contributed by atoms with Crippen molar-refractivity contribution in [1.29, 1.82) is 0 Å². The summed E-state index contributed by atoms with van der Waals surface area (Å²) >= 11 is 3.60. The molecule has 1 rings (SSSR count). The largest absolute Gasteiger partial charge is 0.493 e. The zero-order chi connectivity index (χ0) is 13.7. The van der Waals surface area contributed by atoms with Crippen molar-refractivity contribution < 1.29 is 9.47 Å². The maximum Gasteiger partial charge on any atom is 0.161 e. The van der Waals surface area contributed by atoms with E-state index >= 15 is 0 Å². The van der Waals surface area contributed by atoms with Crippen LogP contribution in [-0.2, 0) is 0 Å². The minimum atomic E-state index is 0.419. The Labute approximate surface area is 118 Å². The highest BCUT2D eigenvalue weighted by Crippen LogP contribution is 2.39. The van der Waals surface area contributed by atoms with Crippen LogP contribution in [0.5, 0.6) is 11.5 Å². The molecule has 2 atom stereocenters. The van der Waals surface area contributed by atoms with E-state index < -0.39 is 0 Å². The summed E-state index contributed by atoms with van der Waals surface area (Å²) in [6.07, 6.45) is 1.02. The van der Waals surface area contributed by atoms with Crippen LogP contribution < -0.4 is 15.2 Å². The Kier molecular flexibility index (Phi) is 5.96. The summed E-state index contributed by atoms with van der Waals surface area (Å²) in [5.41, 5.74) is 6.86. The number of ether oxygens (including phenoxy) is 2. The maximum absolute atomic E-state index is 5.63. The highest BCUT2D eigenvalue weighted by atomic mass is 79.9. The average Bonchev–Trinajstić information content (AvgIpc) is 2.37. The number of rotatable bonds is 6. The number of hydrogen-bond acceptors (Lipinski definition) is 3. The molecule has 0 fully saturated rings. The van der Waals surface area contributed by atoms with Gasteiger partial charge >= 0.3 is 0 Å². The normalized spacial score (nSPS) is 14.1. The van der Waals surface area contributed by atoms with E-state index in [1.807, 2.05) is 12.1 Å². The predicted octanol–water partition coefficient (Wildman–Crippen LogP) is 3.55. The van der Waals surface area contributed by atoms with Crippen molar-refractivity contribution in [1.82, 2.24) is 0 Å². The van der Waals surface area contributed by atoms with Gasteiger partial charge in [-0.2, -0.15) is 0 Å². The van der Waals surface area contributed by atoms with Gasteiger partial charge in [0.25, 0.3) is 0 Å². The first kappa shape index (κ1) is 15.3. The van der Waals surface area contributed by atoms with Crippen LogP contribution in [0.3, 0.4) is 0 Å². The summed E-state index contributed by atoms with van der Waals surface area (Å²) in [5.74, 6) is 2.46. The first-order chi connectivity index (χ1) is 8.54. The van der Waals surface area contributed by atoms with Crippen LogP contribution in [0, 0.1) is 5.92 Å². The molecule has 0 amide bonds. The third-order valence-corrected chi connectivity index (χ3v) is 4.16. The minimum Gasteiger partial charge on any atom is -0.493 e. The maximum atomic E-state index is 5.63. The lowest BCUT2D eigenvalue weighted by molar-refractivity contribution is 0.353. The van der Waals surface area contributed by atoms with Crippen LogP contribution in [0.2, 0.25) is 0 Å². The first-order valence-corrected chi connectivity index (χ1v) is 6.95. The Morgan fingerprint density at radius 2 is 1.72 bits per heavy atom. The van der Waals surface area contributed by atoms with Crippen LogP contribution in [0.1, 0.15) is 31.7 Å². The molecule has 0 aliphatic carbocycles. The SMILES string of the molecule is COc1cc(Br)c(C(C)C(C)CCN)cc1OC. The van der Waals surface area contributed by atoms with Crippen molar-refractivity contribution >= 4 is 15.9 Å². The standard InChI is InChI=1S/C14H22BrNO2/c1-9(5-6-16)10(2)11-7-13(17-3)14(18-4)8-12(11)15/h7-10H,5-6,16H2,1-4H3. The molecule has 4 heteroatoms. The zero-order valence-electron chi connectivity index (χ0n) is 11.5. The minimum absolute atomic E-state index is 0.419. The number of halogens is 1. The molecule has 0 heterocycles.